The van der Waals surface area contributed by atoms with Gasteiger partial charge in [-0.05, 0) is 71.5 Å². The van der Waals surface area contributed by atoms with E-state index in [9.17, 15) is 18.0 Å². The molecule has 7 nitrogen and oxygen atoms in total. The highest BCUT2D eigenvalue weighted by Crippen LogP contribution is 2.24. The van der Waals surface area contributed by atoms with E-state index in [0.29, 0.717) is 21.3 Å². The number of carbonyl (C=O) groups excluding carboxylic acids is 2. The Hall–Kier alpha value is -1.56. The Morgan fingerprint density at radius 2 is 1.71 bits per heavy atom. The van der Waals surface area contributed by atoms with E-state index in [4.69, 9.17) is 23.2 Å². The van der Waals surface area contributed by atoms with Crippen molar-refractivity contribution in [2.24, 2.45) is 0 Å². The third kappa shape index (κ3) is 6.96. The molecule has 2 rings (SSSR count). The first-order valence-corrected chi connectivity index (χ1v) is 12.8. The molecule has 1 unspecified atom stereocenters. The molecule has 11 heteroatoms. The molecule has 0 radical (unpaired) electrons. The summed E-state index contributed by atoms with van der Waals surface area (Å²) in [6, 6.07) is 10.8. The van der Waals surface area contributed by atoms with Crippen molar-refractivity contribution in [2.75, 3.05) is 24.2 Å². The minimum absolute atomic E-state index is 0.0502. The summed E-state index contributed by atoms with van der Waals surface area (Å²) in [5.41, 5.74) is 1.01. The number of sulfonamides is 1. The van der Waals surface area contributed by atoms with Crippen LogP contribution in [0.5, 0.6) is 0 Å². The summed E-state index contributed by atoms with van der Waals surface area (Å²) >= 11 is 14.1. The van der Waals surface area contributed by atoms with Crippen LogP contribution in [0.25, 0.3) is 0 Å². The first-order chi connectivity index (χ1) is 14.4. The quantitative estimate of drug-likeness (QED) is 0.472. The predicted molar refractivity (Wildman–Crippen MR) is 132 cm³/mol. The second-order valence-electron chi connectivity index (χ2n) is 6.81. The molecule has 0 aliphatic carbocycles. The van der Waals surface area contributed by atoms with Crippen molar-refractivity contribution in [3.8, 4) is 0 Å². The van der Waals surface area contributed by atoms with Crippen molar-refractivity contribution in [1.82, 2.24) is 10.2 Å². The molecule has 0 heterocycles. The fourth-order valence-corrected chi connectivity index (χ4v) is 4.38. The monoisotopic (exact) mass is 597 g/mol. The minimum Gasteiger partial charge on any atom is -0.357 e. The van der Waals surface area contributed by atoms with Crippen molar-refractivity contribution in [2.45, 2.75) is 19.5 Å². The average molecular weight is 598 g/mol. The van der Waals surface area contributed by atoms with E-state index >= 15 is 0 Å². The van der Waals surface area contributed by atoms with Crippen molar-refractivity contribution in [3.63, 3.8) is 0 Å². The number of anilines is 1. The van der Waals surface area contributed by atoms with E-state index in [0.717, 1.165) is 14.1 Å². The zero-order valence-electron chi connectivity index (χ0n) is 17.1. The topological polar surface area (TPSA) is 86.8 Å². The van der Waals surface area contributed by atoms with Crippen molar-refractivity contribution >= 4 is 73.3 Å². The van der Waals surface area contributed by atoms with Gasteiger partial charge >= 0.3 is 0 Å². The molecule has 0 saturated carbocycles. The molecule has 1 N–H and O–H groups in total. The number of nitrogens with one attached hydrogen (secondary N) is 1. The number of halogens is 3. The molecule has 0 spiro atoms. The van der Waals surface area contributed by atoms with Crippen LogP contribution in [-0.4, -0.2) is 51.0 Å². The summed E-state index contributed by atoms with van der Waals surface area (Å²) in [6.07, 6.45) is 1.03. The van der Waals surface area contributed by atoms with Gasteiger partial charge in [0.25, 0.3) is 0 Å². The van der Waals surface area contributed by atoms with Gasteiger partial charge in [-0.25, -0.2) is 8.42 Å². The van der Waals surface area contributed by atoms with Crippen LogP contribution in [0.4, 0.5) is 5.69 Å². The van der Waals surface area contributed by atoms with E-state index in [1.54, 1.807) is 49.4 Å². The normalized spacial score (nSPS) is 12.2. The van der Waals surface area contributed by atoms with Gasteiger partial charge in [-0.1, -0.05) is 29.3 Å². The van der Waals surface area contributed by atoms with Gasteiger partial charge in [-0.2, -0.15) is 0 Å². The zero-order chi connectivity index (χ0) is 23.3. The summed E-state index contributed by atoms with van der Waals surface area (Å²) in [4.78, 5) is 26.8. The fourth-order valence-electron chi connectivity index (χ4n) is 2.85. The van der Waals surface area contributed by atoms with Crippen LogP contribution in [0.3, 0.4) is 0 Å². The van der Waals surface area contributed by atoms with E-state index in [1.165, 1.54) is 11.9 Å². The third-order valence-electron chi connectivity index (χ3n) is 4.54. The van der Waals surface area contributed by atoms with Crippen LogP contribution in [0.15, 0.2) is 42.5 Å². The molecule has 0 fully saturated rings. The highest BCUT2D eigenvalue weighted by Gasteiger charge is 2.29. The van der Waals surface area contributed by atoms with Gasteiger partial charge < -0.3 is 10.2 Å². The Morgan fingerprint density at radius 1 is 1.10 bits per heavy atom. The standard InChI is InChI=1S/C20H22Cl2IN3O4S/c1-13(20(28)24-2)25(11-14-4-9-17(21)18(22)10-14)19(27)12-26(31(3,29)30)16-7-5-15(23)6-8-16/h4-10,13H,11-12H2,1-3H3,(H,24,28). The van der Waals surface area contributed by atoms with Gasteiger partial charge in [0, 0.05) is 17.2 Å². The SMILES string of the molecule is CNC(=O)C(C)N(Cc1ccc(Cl)c(Cl)c1)C(=O)CN(c1ccc(I)cc1)S(C)(=O)=O. The van der Waals surface area contributed by atoms with E-state index in [-0.39, 0.29) is 12.5 Å². The number of amides is 2. The molecule has 0 aliphatic rings. The first-order valence-electron chi connectivity index (χ1n) is 9.12. The maximum atomic E-state index is 13.2. The molecule has 0 bridgehead atoms. The smallest absolute Gasteiger partial charge is 0.244 e. The molecular formula is C20H22Cl2IN3O4S. The molecule has 2 aromatic carbocycles. The molecule has 2 amide bonds. The highest BCUT2D eigenvalue weighted by molar-refractivity contribution is 14.1. The maximum Gasteiger partial charge on any atom is 0.244 e. The Morgan fingerprint density at radius 3 is 2.23 bits per heavy atom. The summed E-state index contributed by atoms with van der Waals surface area (Å²) in [6.45, 7) is 1.17. The minimum atomic E-state index is -3.75. The van der Waals surface area contributed by atoms with Gasteiger partial charge in [0.15, 0.2) is 0 Å². The summed E-state index contributed by atoms with van der Waals surface area (Å²) < 4.78 is 26.8. The van der Waals surface area contributed by atoms with Gasteiger partial charge in [-0.3, -0.25) is 13.9 Å². The lowest BCUT2D eigenvalue weighted by molar-refractivity contribution is -0.139. The molecule has 0 aliphatic heterocycles. The Kier molecular flexibility index (Phi) is 8.99. The molecule has 2 aromatic rings. The number of hydrogen-bond acceptors (Lipinski definition) is 4. The Labute approximate surface area is 205 Å². The Balaban J connectivity index is 2.38. The van der Waals surface area contributed by atoms with Gasteiger partial charge in [0.05, 0.1) is 22.0 Å². The number of hydrogen-bond donors (Lipinski definition) is 1. The second kappa shape index (κ2) is 10.8. The molecule has 1 atom stereocenters. The van der Waals surface area contributed by atoms with Crippen LogP contribution in [-0.2, 0) is 26.2 Å². The van der Waals surface area contributed by atoms with Crippen LogP contribution >= 0.6 is 45.8 Å². The van der Waals surface area contributed by atoms with E-state index in [2.05, 4.69) is 27.9 Å². The lowest BCUT2D eigenvalue weighted by atomic mass is 10.1. The number of benzene rings is 2. The summed E-state index contributed by atoms with van der Waals surface area (Å²) in [5, 5.41) is 3.20. The maximum absolute atomic E-state index is 13.2. The van der Waals surface area contributed by atoms with E-state index < -0.39 is 28.5 Å². The van der Waals surface area contributed by atoms with Gasteiger partial charge in [-0.15, -0.1) is 0 Å². The van der Waals surface area contributed by atoms with Crippen LogP contribution in [0, 0.1) is 3.57 Å². The van der Waals surface area contributed by atoms with E-state index in [1.807, 2.05) is 0 Å². The average Bonchev–Trinajstić information content (AvgIpc) is 2.71. The zero-order valence-corrected chi connectivity index (χ0v) is 21.6. The Bertz CT molecular complexity index is 1060. The van der Waals surface area contributed by atoms with Gasteiger partial charge in [0.2, 0.25) is 21.8 Å². The number of carbonyl (C=O) groups is 2. The lowest BCUT2D eigenvalue weighted by Crippen LogP contribution is -2.50. The van der Waals surface area contributed by atoms with Crippen LogP contribution < -0.4 is 9.62 Å². The molecule has 0 aromatic heterocycles. The molecule has 168 valence electrons. The largest absolute Gasteiger partial charge is 0.357 e. The lowest BCUT2D eigenvalue weighted by Gasteiger charge is -2.31. The van der Waals surface area contributed by atoms with Crippen LogP contribution in [0.2, 0.25) is 10.0 Å². The number of nitrogens with zero attached hydrogens (tertiary/aromatic N) is 2. The van der Waals surface area contributed by atoms with Crippen LogP contribution in [0.1, 0.15) is 12.5 Å². The van der Waals surface area contributed by atoms with Crippen molar-refractivity contribution in [1.29, 1.82) is 0 Å². The molecule has 31 heavy (non-hydrogen) atoms. The predicted octanol–water partition coefficient (Wildman–Crippen LogP) is 3.53. The molecular weight excluding hydrogens is 576 g/mol. The fraction of sp³-hybridized carbons (Fsp3) is 0.300. The summed E-state index contributed by atoms with van der Waals surface area (Å²) in [7, 11) is -2.28. The number of rotatable bonds is 8. The highest BCUT2D eigenvalue weighted by atomic mass is 127. The van der Waals surface area contributed by atoms with Crippen molar-refractivity contribution in [3.05, 3.63) is 61.6 Å². The first kappa shape index (κ1) is 25.7. The summed E-state index contributed by atoms with van der Waals surface area (Å²) in [5.74, 6) is -0.917. The second-order valence-corrected chi connectivity index (χ2v) is 10.8. The molecule has 0 saturated heterocycles. The third-order valence-corrected chi connectivity index (χ3v) is 7.14. The number of likely N-dealkylation sites (N-methyl/N-ethyl adjacent to an activating group) is 1. The van der Waals surface area contributed by atoms with Gasteiger partial charge in [0.1, 0.15) is 12.6 Å². The van der Waals surface area contributed by atoms with Crippen molar-refractivity contribution < 1.29 is 18.0 Å².